The minimum absolute atomic E-state index is 0.280. The van der Waals surface area contributed by atoms with Gasteiger partial charge in [-0.15, -0.1) is 0 Å². The van der Waals surface area contributed by atoms with E-state index in [4.69, 9.17) is 4.74 Å². The van der Waals surface area contributed by atoms with E-state index in [1.54, 1.807) is 6.07 Å². The Labute approximate surface area is 142 Å². The molecule has 2 N–H and O–H groups in total. The number of aliphatic imine (C=N–C) groups is 1. The van der Waals surface area contributed by atoms with Crippen LogP contribution in [0.25, 0.3) is 0 Å². The number of nitrogens with one attached hydrogen (secondary N) is 2. The van der Waals surface area contributed by atoms with Crippen LogP contribution in [0.15, 0.2) is 47.7 Å². The lowest BCUT2D eigenvalue weighted by molar-refractivity contribution is 0.321. The summed E-state index contributed by atoms with van der Waals surface area (Å²) in [5.41, 5.74) is 0.804. The Morgan fingerprint density at radius 3 is 2.67 bits per heavy atom. The third-order valence-corrected chi connectivity index (χ3v) is 3.39. The molecule has 0 amide bonds. The number of rotatable bonds is 8. The van der Waals surface area contributed by atoms with Gasteiger partial charge in [-0.05, 0) is 43.7 Å². The second-order valence-corrected chi connectivity index (χ2v) is 5.24. The molecule has 1 aromatic heterocycles. The second-order valence-electron chi connectivity index (χ2n) is 5.24. The zero-order valence-corrected chi connectivity index (χ0v) is 14.3. The molecule has 0 spiro atoms. The van der Waals surface area contributed by atoms with Crippen LogP contribution in [0.3, 0.4) is 0 Å². The summed E-state index contributed by atoms with van der Waals surface area (Å²) in [6.07, 6.45) is 4.04. The van der Waals surface area contributed by atoms with E-state index in [-0.39, 0.29) is 11.6 Å². The molecule has 2 rings (SSSR count). The predicted octanol–water partition coefficient (Wildman–Crippen LogP) is 2.78. The minimum atomic E-state index is -0.352. The van der Waals surface area contributed by atoms with Gasteiger partial charge in [0.15, 0.2) is 17.5 Å². The largest absolute Gasteiger partial charge is 0.491 e. The Morgan fingerprint density at radius 1 is 1.21 bits per heavy atom. The molecule has 1 heterocycles. The number of hydrogen-bond acceptors (Lipinski definition) is 2. The highest BCUT2D eigenvalue weighted by atomic mass is 19.1. The molecule has 0 fully saturated rings. The number of nitrogens with zero attached hydrogens (tertiary/aromatic N) is 2. The molecular weight excluding hydrogens is 307 g/mol. The zero-order chi connectivity index (χ0) is 17.2. The number of hydrogen-bond donors (Lipinski definition) is 2. The molecule has 0 unspecified atom stereocenters. The number of ether oxygens (including phenoxy) is 1. The van der Waals surface area contributed by atoms with Crippen molar-refractivity contribution in [1.29, 1.82) is 0 Å². The highest BCUT2D eigenvalue weighted by molar-refractivity contribution is 5.79. The van der Waals surface area contributed by atoms with Gasteiger partial charge in [0.1, 0.15) is 0 Å². The molecule has 6 heteroatoms. The van der Waals surface area contributed by atoms with E-state index in [2.05, 4.69) is 20.2 Å². The third-order valence-electron chi connectivity index (χ3n) is 3.39. The van der Waals surface area contributed by atoms with Crippen molar-refractivity contribution in [3.05, 3.63) is 54.1 Å². The average Bonchev–Trinajstić information content (AvgIpc) is 3.08. The Hall–Kier alpha value is -2.50. The fraction of sp³-hybridized carbons (Fsp3) is 0.389. The third kappa shape index (κ3) is 5.61. The molecule has 0 aliphatic heterocycles. The molecular formula is C18H25FN4O. The first-order chi connectivity index (χ1) is 11.7. The molecule has 0 aliphatic carbocycles. The van der Waals surface area contributed by atoms with Crippen LogP contribution < -0.4 is 15.4 Å². The quantitative estimate of drug-likeness (QED) is 0.577. The molecule has 130 valence electrons. The van der Waals surface area contributed by atoms with Crippen molar-refractivity contribution in [3.8, 4) is 5.75 Å². The summed E-state index contributed by atoms with van der Waals surface area (Å²) in [5.74, 6) is 0.649. The first kappa shape index (κ1) is 17.8. The number of guanidine groups is 1. The van der Waals surface area contributed by atoms with Gasteiger partial charge in [0.05, 0.1) is 13.2 Å². The monoisotopic (exact) mass is 332 g/mol. The van der Waals surface area contributed by atoms with Crippen LogP contribution in [0.5, 0.6) is 5.75 Å². The SMILES string of the molecule is CCNC(=NCc1ccc(OCC)c(F)c1)NCCn1cccc1. The van der Waals surface area contributed by atoms with E-state index in [9.17, 15) is 4.39 Å². The van der Waals surface area contributed by atoms with Crippen LogP contribution in [-0.2, 0) is 13.1 Å². The normalized spacial score (nSPS) is 11.4. The maximum absolute atomic E-state index is 13.9. The minimum Gasteiger partial charge on any atom is -0.491 e. The summed E-state index contributed by atoms with van der Waals surface area (Å²) in [6, 6.07) is 8.95. The lowest BCUT2D eigenvalue weighted by atomic mass is 10.2. The maximum Gasteiger partial charge on any atom is 0.191 e. The Morgan fingerprint density at radius 2 is 2.00 bits per heavy atom. The van der Waals surface area contributed by atoms with Crippen molar-refractivity contribution in [1.82, 2.24) is 15.2 Å². The van der Waals surface area contributed by atoms with Crippen LogP contribution in [0.4, 0.5) is 4.39 Å². The zero-order valence-electron chi connectivity index (χ0n) is 14.3. The fourth-order valence-corrected chi connectivity index (χ4v) is 2.25. The molecule has 0 radical (unpaired) electrons. The molecule has 2 aromatic rings. The number of halogens is 1. The molecule has 0 bridgehead atoms. The van der Waals surface area contributed by atoms with Crippen molar-refractivity contribution >= 4 is 5.96 Å². The van der Waals surface area contributed by atoms with E-state index in [1.165, 1.54) is 6.07 Å². The Bertz CT molecular complexity index is 640. The standard InChI is InChI=1S/C18H25FN4O/c1-3-20-18(21-9-12-23-10-5-6-11-23)22-14-15-7-8-17(24-4-2)16(19)13-15/h5-8,10-11,13H,3-4,9,12,14H2,1-2H3,(H2,20,21,22). The van der Waals surface area contributed by atoms with Gasteiger partial charge in [-0.3, -0.25) is 0 Å². The van der Waals surface area contributed by atoms with Gasteiger partial charge >= 0.3 is 0 Å². The second kappa shape index (κ2) is 9.60. The van der Waals surface area contributed by atoms with Gasteiger partial charge in [-0.2, -0.15) is 0 Å². The number of benzene rings is 1. The number of aromatic nitrogens is 1. The lowest BCUT2D eigenvalue weighted by Gasteiger charge is -2.12. The predicted molar refractivity (Wildman–Crippen MR) is 94.8 cm³/mol. The van der Waals surface area contributed by atoms with E-state index < -0.39 is 0 Å². The maximum atomic E-state index is 13.9. The molecule has 0 atom stereocenters. The molecule has 5 nitrogen and oxygen atoms in total. The molecule has 0 saturated heterocycles. The van der Waals surface area contributed by atoms with Crippen LogP contribution >= 0.6 is 0 Å². The van der Waals surface area contributed by atoms with Crippen LogP contribution in [-0.4, -0.2) is 30.2 Å². The van der Waals surface area contributed by atoms with E-state index >= 15 is 0 Å². The molecule has 0 aliphatic rings. The summed E-state index contributed by atoms with van der Waals surface area (Å²) in [5, 5.41) is 6.47. The Kier molecular flexibility index (Phi) is 7.14. The highest BCUT2D eigenvalue weighted by Crippen LogP contribution is 2.18. The summed E-state index contributed by atoms with van der Waals surface area (Å²) in [7, 11) is 0. The van der Waals surface area contributed by atoms with Gasteiger partial charge in [-0.25, -0.2) is 9.38 Å². The van der Waals surface area contributed by atoms with Crippen LogP contribution in [0, 0.1) is 5.82 Å². The van der Waals surface area contributed by atoms with Crippen molar-refractivity contribution in [2.45, 2.75) is 26.9 Å². The smallest absolute Gasteiger partial charge is 0.191 e. The van der Waals surface area contributed by atoms with Crippen molar-refractivity contribution in [2.24, 2.45) is 4.99 Å². The van der Waals surface area contributed by atoms with Crippen molar-refractivity contribution < 1.29 is 9.13 Å². The van der Waals surface area contributed by atoms with Gasteiger partial charge < -0.3 is 19.9 Å². The van der Waals surface area contributed by atoms with E-state index in [0.717, 1.165) is 31.2 Å². The summed E-state index contributed by atoms with van der Waals surface area (Å²) in [6.45, 7) is 7.09. The average molecular weight is 332 g/mol. The van der Waals surface area contributed by atoms with Crippen molar-refractivity contribution in [3.63, 3.8) is 0 Å². The summed E-state index contributed by atoms with van der Waals surface area (Å²) >= 11 is 0. The fourth-order valence-electron chi connectivity index (χ4n) is 2.25. The summed E-state index contributed by atoms with van der Waals surface area (Å²) in [4.78, 5) is 4.50. The topological polar surface area (TPSA) is 50.6 Å². The van der Waals surface area contributed by atoms with Gasteiger partial charge in [0.25, 0.3) is 0 Å². The van der Waals surface area contributed by atoms with Gasteiger partial charge in [0.2, 0.25) is 0 Å². The van der Waals surface area contributed by atoms with Crippen LogP contribution in [0.1, 0.15) is 19.4 Å². The highest BCUT2D eigenvalue weighted by Gasteiger charge is 2.04. The van der Waals surface area contributed by atoms with E-state index in [0.29, 0.717) is 13.2 Å². The van der Waals surface area contributed by atoms with Gasteiger partial charge in [0, 0.05) is 32.0 Å². The van der Waals surface area contributed by atoms with Crippen molar-refractivity contribution in [2.75, 3.05) is 19.7 Å². The Balaban J connectivity index is 1.90. The molecule has 24 heavy (non-hydrogen) atoms. The molecule has 0 saturated carbocycles. The summed E-state index contributed by atoms with van der Waals surface area (Å²) < 4.78 is 21.2. The van der Waals surface area contributed by atoms with Crippen LogP contribution in [0.2, 0.25) is 0 Å². The lowest BCUT2D eigenvalue weighted by Crippen LogP contribution is -2.38. The first-order valence-electron chi connectivity index (χ1n) is 8.27. The molecule has 1 aromatic carbocycles. The van der Waals surface area contributed by atoms with Gasteiger partial charge in [-0.1, -0.05) is 6.07 Å². The first-order valence-corrected chi connectivity index (χ1v) is 8.27. The van der Waals surface area contributed by atoms with E-state index in [1.807, 2.05) is 44.4 Å².